The maximum absolute atomic E-state index is 12.2. The highest BCUT2D eigenvalue weighted by atomic mass is 127. The maximum atomic E-state index is 12.2. The van der Waals surface area contributed by atoms with Gasteiger partial charge in [0.2, 0.25) is 0 Å². The highest BCUT2D eigenvalue weighted by Crippen LogP contribution is 2.20. The van der Waals surface area contributed by atoms with Crippen molar-refractivity contribution >= 4 is 56.0 Å². The van der Waals surface area contributed by atoms with Gasteiger partial charge < -0.3 is 5.32 Å². The van der Waals surface area contributed by atoms with Gasteiger partial charge in [-0.05, 0) is 69.1 Å². The smallest absolute Gasteiger partial charge is 0.252 e. The van der Waals surface area contributed by atoms with Gasteiger partial charge in [-0.15, -0.1) is 11.6 Å². The van der Waals surface area contributed by atoms with Gasteiger partial charge in [-0.2, -0.15) is 0 Å². The average molecular weight is 445 g/mol. The van der Waals surface area contributed by atoms with Crippen molar-refractivity contribution in [2.75, 3.05) is 5.88 Å². The second kappa shape index (κ2) is 7.70. The Balaban J connectivity index is 2.83. The van der Waals surface area contributed by atoms with Crippen molar-refractivity contribution in [2.45, 2.75) is 26.3 Å². The second-order valence-corrected chi connectivity index (χ2v) is 6.90. The van der Waals surface area contributed by atoms with E-state index in [1.165, 1.54) is 0 Å². The van der Waals surface area contributed by atoms with E-state index in [4.69, 9.17) is 11.6 Å². The molecule has 18 heavy (non-hydrogen) atoms. The van der Waals surface area contributed by atoms with Crippen molar-refractivity contribution in [3.63, 3.8) is 0 Å². The van der Waals surface area contributed by atoms with Crippen LogP contribution in [0.1, 0.15) is 30.6 Å². The van der Waals surface area contributed by atoms with E-state index in [2.05, 4.69) is 57.7 Å². The van der Waals surface area contributed by atoms with Crippen LogP contribution in [0.25, 0.3) is 0 Å². The maximum Gasteiger partial charge on any atom is 0.252 e. The first-order chi connectivity index (χ1) is 8.45. The molecule has 0 radical (unpaired) electrons. The number of carbonyl (C=O) groups excluding carboxylic acids is 1. The van der Waals surface area contributed by atoms with E-state index in [0.717, 1.165) is 14.5 Å². The molecule has 100 valence electrons. The van der Waals surface area contributed by atoms with E-state index < -0.39 is 0 Å². The van der Waals surface area contributed by atoms with E-state index in [1.807, 2.05) is 18.2 Å². The van der Waals surface area contributed by atoms with Crippen LogP contribution in [0.2, 0.25) is 0 Å². The van der Waals surface area contributed by atoms with E-state index >= 15 is 0 Å². The lowest BCUT2D eigenvalue weighted by Gasteiger charge is -2.21. The molecule has 0 aliphatic heterocycles. The highest BCUT2D eigenvalue weighted by molar-refractivity contribution is 14.1. The van der Waals surface area contributed by atoms with E-state index in [9.17, 15) is 4.79 Å². The number of hydrogen-bond donors (Lipinski definition) is 1. The monoisotopic (exact) mass is 443 g/mol. The molecule has 1 aromatic rings. The van der Waals surface area contributed by atoms with E-state index in [1.54, 1.807) is 0 Å². The quantitative estimate of drug-likeness (QED) is 0.528. The molecule has 1 rings (SSSR count). The highest BCUT2D eigenvalue weighted by Gasteiger charge is 2.18. The summed E-state index contributed by atoms with van der Waals surface area (Å²) in [4.78, 5) is 12.2. The Morgan fingerprint density at radius 3 is 2.72 bits per heavy atom. The van der Waals surface area contributed by atoms with Crippen molar-refractivity contribution in [2.24, 2.45) is 5.92 Å². The molecule has 5 heteroatoms. The Kier molecular flexibility index (Phi) is 6.95. The lowest BCUT2D eigenvalue weighted by Crippen LogP contribution is -2.39. The summed E-state index contributed by atoms with van der Waals surface area (Å²) in [6.45, 7) is 4.17. The zero-order chi connectivity index (χ0) is 13.7. The first-order valence-electron chi connectivity index (χ1n) is 5.77. The molecule has 0 aliphatic rings. The molecule has 0 fully saturated rings. The molecule has 2 nitrogen and oxygen atoms in total. The first kappa shape index (κ1) is 16.2. The summed E-state index contributed by atoms with van der Waals surface area (Å²) in [6.07, 6.45) is 0.784. The molecule has 0 aromatic heterocycles. The van der Waals surface area contributed by atoms with Gasteiger partial charge in [0.25, 0.3) is 5.91 Å². The van der Waals surface area contributed by atoms with Crippen LogP contribution < -0.4 is 5.32 Å². The fraction of sp³-hybridized carbons (Fsp3) is 0.462. The topological polar surface area (TPSA) is 29.1 Å². The van der Waals surface area contributed by atoms with Gasteiger partial charge in [-0.25, -0.2) is 0 Å². The van der Waals surface area contributed by atoms with Crippen molar-refractivity contribution in [3.8, 4) is 0 Å². The third-order valence-corrected chi connectivity index (χ3v) is 4.30. The molecule has 0 heterocycles. The van der Waals surface area contributed by atoms with Crippen molar-refractivity contribution in [1.82, 2.24) is 5.32 Å². The summed E-state index contributed by atoms with van der Waals surface area (Å²) in [6, 6.07) is 5.83. The number of benzene rings is 1. The summed E-state index contributed by atoms with van der Waals surface area (Å²) in [5, 5.41) is 3.04. The Morgan fingerprint density at radius 1 is 1.50 bits per heavy atom. The summed E-state index contributed by atoms with van der Waals surface area (Å²) in [5.41, 5.74) is 0.669. The zero-order valence-electron chi connectivity index (χ0n) is 10.3. The van der Waals surface area contributed by atoms with Crippen LogP contribution in [0.5, 0.6) is 0 Å². The fourth-order valence-electron chi connectivity index (χ4n) is 1.61. The van der Waals surface area contributed by atoms with Crippen LogP contribution in [-0.2, 0) is 0 Å². The summed E-state index contributed by atoms with van der Waals surface area (Å²) in [5.74, 6) is 0.870. The molecule has 0 saturated heterocycles. The van der Waals surface area contributed by atoms with Gasteiger partial charge in [-0.3, -0.25) is 4.79 Å². The number of carbonyl (C=O) groups is 1. The van der Waals surface area contributed by atoms with E-state index in [-0.39, 0.29) is 11.9 Å². The van der Waals surface area contributed by atoms with Crippen molar-refractivity contribution < 1.29 is 4.79 Å². The Hall–Kier alpha value is 0.190. The minimum atomic E-state index is -0.0517. The molecule has 1 aromatic carbocycles. The number of alkyl halides is 1. The summed E-state index contributed by atoms with van der Waals surface area (Å²) >= 11 is 11.4. The normalized spacial score (nSPS) is 12.6. The fourth-order valence-corrected chi connectivity index (χ4v) is 2.76. The Labute approximate surface area is 135 Å². The second-order valence-electron chi connectivity index (χ2n) is 4.43. The molecule has 0 saturated carbocycles. The molecule has 0 bridgehead atoms. The number of nitrogens with one attached hydrogen (secondary N) is 1. The SMILES string of the molecule is CC(C)C(CCCl)NC(=O)c1cc(I)ccc1Br. The number of rotatable bonds is 5. The van der Waals surface area contributed by atoms with Gasteiger partial charge in [0, 0.05) is 20.0 Å². The minimum absolute atomic E-state index is 0.0517. The third-order valence-electron chi connectivity index (χ3n) is 2.71. The first-order valence-corrected chi connectivity index (χ1v) is 8.18. The van der Waals surface area contributed by atoms with Gasteiger partial charge in [0.1, 0.15) is 0 Å². The predicted octanol–water partition coefficient (Wildman–Crippen LogP) is 4.44. The van der Waals surface area contributed by atoms with Crippen LogP contribution >= 0.6 is 50.1 Å². The Morgan fingerprint density at radius 2 is 2.17 bits per heavy atom. The molecule has 1 amide bonds. The number of amides is 1. The number of halogens is 3. The van der Waals surface area contributed by atoms with Crippen LogP contribution in [0.15, 0.2) is 22.7 Å². The van der Waals surface area contributed by atoms with Crippen molar-refractivity contribution in [1.29, 1.82) is 0 Å². The average Bonchev–Trinajstić information content (AvgIpc) is 2.31. The predicted molar refractivity (Wildman–Crippen MR) is 88.3 cm³/mol. The van der Waals surface area contributed by atoms with Crippen LogP contribution in [0.3, 0.4) is 0 Å². The van der Waals surface area contributed by atoms with E-state index in [0.29, 0.717) is 17.4 Å². The van der Waals surface area contributed by atoms with Gasteiger partial charge in [-0.1, -0.05) is 13.8 Å². The summed E-state index contributed by atoms with van der Waals surface area (Å²) in [7, 11) is 0. The lowest BCUT2D eigenvalue weighted by molar-refractivity contribution is 0.0924. The summed E-state index contributed by atoms with van der Waals surface area (Å²) < 4.78 is 1.85. The minimum Gasteiger partial charge on any atom is -0.349 e. The third kappa shape index (κ3) is 4.70. The molecule has 0 spiro atoms. The van der Waals surface area contributed by atoms with Gasteiger partial charge >= 0.3 is 0 Å². The van der Waals surface area contributed by atoms with Gasteiger partial charge in [0.15, 0.2) is 0 Å². The molecule has 1 unspecified atom stereocenters. The van der Waals surface area contributed by atoms with Crippen LogP contribution in [-0.4, -0.2) is 17.8 Å². The molecule has 1 atom stereocenters. The van der Waals surface area contributed by atoms with Crippen LogP contribution in [0.4, 0.5) is 0 Å². The molecule has 1 N–H and O–H groups in total. The van der Waals surface area contributed by atoms with Crippen molar-refractivity contribution in [3.05, 3.63) is 31.8 Å². The van der Waals surface area contributed by atoms with Crippen LogP contribution in [0, 0.1) is 9.49 Å². The molecule has 0 aliphatic carbocycles. The Bertz CT molecular complexity index is 425. The lowest BCUT2D eigenvalue weighted by atomic mass is 10.0. The largest absolute Gasteiger partial charge is 0.349 e. The zero-order valence-corrected chi connectivity index (χ0v) is 14.8. The van der Waals surface area contributed by atoms with Gasteiger partial charge in [0.05, 0.1) is 5.56 Å². The standard InChI is InChI=1S/C13H16BrClINO/c1-8(2)12(5-6-15)17-13(18)10-7-9(16)3-4-11(10)14/h3-4,7-8,12H,5-6H2,1-2H3,(H,17,18). The molecular formula is C13H16BrClINO. The molecular weight excluding hydrogens is 428 g/mol. The number of hydrogen-bond acceptors (Lipinski definition) is 1.